The highest BCUT2D eigenvalue weighted by molar-refractivity contribution is 7.47. The molecule has 0 aromatic carbocycles. The zero-order chi connectivity index (χ0) is 67.5. The van der Waals surface area contributed by atoms with E-state index in [9.17, 15) is 43.2 Å². The van der Waals surface area contributed by atoms with E-state index in [1.165, 1.54) is 154 Å². The van der Waals surface area contributed by atoms with Crippen molar-refractivity contribution in [1.29, 1.82) is 0 Å². The number of phosphoric acid groups is 2. The number of aliphatic hydroxyl groups is 1. The molecule has 0 spiro atoms. The van der Waals surface area contributed by atoms with E-state index in [2.05, 4.69) is 55.4 Å². The molecule has 4 unspecified atom stereocenters. The molecule has 91 heavy (non-hydrogen) atoms. The predicted octanol–water partition coefficient (Wildman–Crippen LogP) is 20.5. The molecule has 0 fully saturated rings. The lowest BCUT2D eigenvalue weighted by Gasteiger charge is -2.21. The maximum atomic E-state index is 13.0. The van der Waals surface area contributed by atoms with E-state index in [1.807, 2.05) is 0 Å². The minimum Gasteiger partial charge on any atom is -0.462 e. The molecule has 0 aliphatic rings. The first-order valence-electron chi connectivity index (χ1n) is 37.3. The van der Waals surface area contributed by atoms with Crippen LogP contribution in [0.15, 0.2) is 0 Å². The molecule has 19 heteroatoms. The third-order valence-electron chi connectivity index (χ3n) is 17.3. The zero-order valence-electron chi connectivity index (χ0n) is 59.5. The van der Waals surface area contributed by atoms with Crippen molar-refractivity contribution in [2.24, 2.45) is 23.7 Å². The molecule has 0 rings (SSSR count). The van der Waals surface area contributed by atoms with Crippen molar-refractivity contribution in [3.05, 3.63) is 0 Å². The number of ether oxygens (including phenoxy) is 4. The molecule has 0 aromatic heterocycles. The van der Waals surface area contributed by atoms with Crippen LogP contribution >= 0.6 is 15.6 Å². The average molecular weight is 1340 g/mol. The second-order valence-corrected chi connectivity index (χ2v) is 30.3. The summed E-state index contributed by atoms with van der Waals surface area (Å²) in [6.07, 6.45) is 44.6. The lowest BCUT2D eigenvalue weighted by molar-refractivity contribution is -0.161. The second-order valence-electron chi connectivity index (χ2n) is 27.4. The number of phosphoric ester groups is 2. The van der Waals surface area contributed by atoms with Crippen molar-refractivity contribution >= 4 is 39.5 Å². The van der Waals surface area contributed by atoms with Gasteiger partial charge in [0.15, 0.2) is 12.2 Å². The Balaban J connectivity index is 5.23. The summed E-state index contributed by atoms with van der Waals surface area (Å²) in [5, 5.41) is 10.6. The van der Waals surface area contributed by atoms with Gasteiger partial charge in [0.05, 0.1) is 26.4 Å². The number of carbonyl (C=O) groups is 4. The van der Waals surface area contributed by atoms with E-state index in [0.29, 0.717) is 31.6 Å². The fourth-order valence-corrected chi connectivity index (χ4v) is 12.4. The summed E-state index contributed by atoms with van der Waals surface area (Å²) in [4.78, 5) is 72.6. The van der Waals surface area contributed by atoms with Gasteiger partial charge in [-0.2, -0.15) is 0 Å². The second kappa shape index (κ2) is 61.6. The van der Waals surface area contributed by atoms with Crippen LogP contribution in [0.1, 0.15) is 357 Å². The van der Waals surface area contributed by atoms with Crippen molar-refractivity contribution in [2.45, 2.75) is 375 Å². The first-order chi connectivity index (χ1) is 43.7. The summed E-state index contributed by atoms with van der Waals surface area (Å²) >= 11 is 0. The molecule has 17 nitrogen and oxygen atoms in total. The molecule has 0 amide bonds. The summed E-state index contributed by atoms with van der Waals surface area (Å²) in [6, 6.07) is 0. The Bertz CT molecular complexity index is 1800. The smallest absolute Gasteiger partial charge is 0.462 e. The van der Waals surface area contributed by atoms with Gasteiger partial charge in [-0.15, -0.1) is 0 Å². The van der Waals surface area contributed by atoms with Gasteiger partial charge in [0.2, 0.25) is 0 Å². The highest BCUT2D eigenvalue weighted by Crippen LogP contribution is 2.45. The van der Waals surface area contributed by atoms with Crippen molar-refractivity contribution in [2.75, 3.05) is 39.6 Å². The monoisotopic (exact) mass is 1340 g/mol. The third-order valence-corrected chi connectivity index (χ3v) is 19.2. The van der Waals surface area contributed by atoms with Crippen LogP contribution in [0.2, 0.25) is 0 Å². The Kier molecular flexibility index (Phi) is 60.3. The van der Waals surface area contributed by atoms with Crippen LogP contribution in [0.25, 0.3) is 0 Å². The van der Waals surface area contributed by atoms with Crippen LogP contribution < -0.4 is 0 Å². The molecule has 3 N–H and O–H groups in total. The van der Waals surface area contributed by atoms with Gasteiger partial charge in [-0.3, -0.25) is 37.3 Å². The van der Waals surface area contributed by atoms with Gasteiger partial charge in [-0.25, -0.2) is 9.13 Å². The quantitative estimate of drug-likeness (QED) is 0.0222. The normalized spacial score (nSPS) is 14.8. The van der Waals surface area contributed by atoms with Crippen molar-refractivity contribution < 1.29 is 80.2 Å². The van der Waals surface area contributed by atoms with E-state index in [4.69, 9.17) is 37.0 Å². The predicted molar refractivity (Wildman–Crippen MR) is 367 cm³/mol. The molecule has 0 bridgehead atoms. The minimum absolute atomic E-state index is 0.101. The number of hydrogen-bond donors (Lipinski definition) is 3. The van der Waals surface area contributed by atoms with Crippen LogP contribution in [-0.4, -0.2) is 96.7 Å². The topological polar surface area (TPSA) is 237 Å². The van der Waals surface area contributed by atoms with Crippen LogP contribution in [-0.2, 0) is 65.4 Å². The maximum absolute atomic E-state index is 13.0. The van der Waals surface area contributed by atoms with E-state index in [1.54, 1.807) is 0 Å². The molecule has 0 radical (unpaired) electrons. The highest BCUT2D eigenvalue weighted by atomic mass is 31.2. The first kappa shape index (κ1) is 89.1. The maximum Gasteiger partial charge on any atom is 0.472 e. The van der Waals surface area contributed by atoms with Gasteiger partial charge >= 0.3 is 39.5 Å². The molecular formula is C72H140O17P2. The minimum atomic E-state index is -4.95. The molecule has 0 heterocycles. The number of unbranched alkanes of at least 4 members (excludes halogenated alkanes) is 33. The highest BCUT2D eigenvalue weighted by Gasteiger charge is 2.30. The van der Waals surface area contributed by atoms with Gasteiger partial charge in [-0.05, 0) is 49.4 Å². The lowest BCUT2D eigenvalue weighted by Crippen LogP contribution is -2.30. The van der Waals surface area contributed by atoms with Crippen LogP contribution in [0.4, 0.5) is 0 Å². The number of hydrogen-bond acceptors (Lipinski definition) is 15. The molecule has 0 saturated heterocycles. The zero-order valence-corrected chi connectivity index (χ0v) is 61.3. The van der Waals surface area contributed by atoms with Crippen molar-refractivity contribution in [3.8, 4) is 0 Å². The molecule has 540 valence electrons. The van der Waals surface area contributed by atoms with Gasteiger partial charge < -0.3 is 33.8 Å². The Labute approximate surface area is 556 Å². The molecular weight excluding hydrogens is 1200 g/mol. The summed E-state index contributed by atoms with van der Waals surface area (Å²) in [5.74, 6) is 0.886. The van der Waals surface area contributed by atoms with Crippen LogP contribution in [0.3, 0.4) is 0 Å². The summed E-state index contributed by atoms with van der Waals surface area (Å²) in [6.45, 7) is 14.1. The largest absolute Gasteiger partial charge is 0.472 e. The number of carbonyl (C=O) groups excluding carboxylic acids is 4. The van der Waals surface area contributed by atoms with E-state index in [0.717, 1.165) is 114 Å². The summed E-state index contributed by atoms with van der Waals surface area (Å²) in [5.41, 5.74) is 0. The van der Waals surface area contributed by atoms with Crippen LogP contribution in [0, 0.1) is 23.7 Å². The Hall–Kier alpha value is -1.94. The van der Waals surface area contributed by atoms with Crippen molar-refractivity contribution in [3.63, 3.8) is 0 Å². The number of aliphatic hydroxyl groups excluding tert-OH is 1. The molecule has 7 atom stereocenters. The van der Waals surface area contributed by atoms with Gasteiger partial charge in [-0.1, -0.05) is 306 Å². The molecule has 0 saturated carbocycles. The molecule has 0 aliphatic carbocycles. The van der Waals surface area contributed by atoms with Crippen molar-refractivity contribution in [1.82, 2.24) is 0 Å². The summed E-state index contributed by atoms with van der Waals surface area (Å²) in [7, 11) is -9.90. The number of esters is 4. The van der Waals surface area contributed by atoms with Gasteiger partial charge in [0.25, 0.3) is 0 Å². The van der Waals surface area contributed by atoms with E-state index in [-0.39, 0.29) is 25.7 Å². The van der Waals surface area contributed by atoms with Gasteiger partial charge in [0, 0.05) is 25.7 Å². The first-order valence-corrected chi connectivity index (χ1v) is 40.3. The summed E-state index contributed by atoms with van der Waals surface area (Å²) < 4.78 is 68.3. The Morgan fingerprint density at radius 1 is 0.308 bits per heavy atom. The lowest BCUT2D eigenvalue weighted by atomic mass is 9.99. The standard InChI is InChI=1S/C72H140O17P2/c1-9-64(7)50-42-34-25-21-17-13-11-12-14-18-23-27-38-46-54-71(76)88-67(58-82-69(74)52-44-36-26-22-19-15-16-20-24-32-40-48-62(3)4)60-86-90(78,79)84-56-66(73)57-85-91(80,81)87-61-68(89-72(77)55-47-39-30-28-33-41-49-63(5)6)59-83-70(75)53-45-37-31-29-35-43-51-65(8)10-2/h62-68,73H,9-61H2,1-8H3,(H,78,79)(H,80,81)/t64?,65?,66-,67-,68-/m1/s1. The fraction of sp³-hybridized carbons (Fsp3) is 0.944. The third kappa shape index (κ3) is 63.9. The van der Waals surface area contributed by atoms with Crippen LogP contribution in [0.5, 0.6) is 0 Å². The average Bonchev–Trinajstić information content (AvgIpc) is 2.98. The van der Waals surface area contributed by atoms with E-state index < -0.39 is 97.5 Å². The molecule has 0 aliphatic heterocycles. The van der Waals surface area contributed by atoms with Gasteiger partial charge in [0.1, 0.15) is 19.3 Å². The number of rotatable bonds is 69. The Morgan fingerprint density at radius 3 is 0.780 bits per heavy atom. The van der Waals surface area contributed by atoms with E-state index >= 15 is 0 Å². The molecule has 0 aromatic rings. The Morgan fingerprint density at radius 2 is 0.527 bits per heavy atom. The fourth-order valence-electron chi connectivity index (χ4n) is 10.8. The SMILES string of the molecule is CCC(C)CCCCCCCCCCCCCCCCC(=O)O[C@H](COC(=O)CCCCCCCCCCCCCC(C)C)COP(=O)(O)OC[C@@H](O)COP(=O)(O)OC[C@@H](COC(=O)CCCCCCCCC(C)CC)OC(=O)CCCCCCCCC(C)C.